The Bertz CT molecular complexity index is 441. The van der Waals surface area contributed by atoms with Gasteiger partial charge in [-0.05, 0) is 26.7 Å². The van der Waals surface area contributed by atoms with Crippen LogP contribution in [0.15, 0.2) is 23.0 Å². The molecule has 0 radical (unpaired) electrons. The van der Waals surface area contributed by atoms with E-state index < -0.39 is 23.6 Å². The fourth-order valence-corrected chi connectivity index (χ4v) is 2.07. The SMILES string of the molecule is CCC(C)C(=O)C1=C(O)[C@H](O)C(CC=C(C)C)C1=O. The Morgan fingerprint density at radius 1 is 1.42 bits per heavy atom. The van der Waals surface area contributed by atoms with Crippen LogP contribution in [0.4, 0.5) is 0 Å². The van der Waals surface area contributed by atoms with E-state index in [2.05, 4.69) is 0 Å². The smallest absolute Gasteiger partial charge is 0.176 e. The van der Waals surface area contributed by atoms with E-state index in [4.69, 9.17) is 0 Å². The van der Waals surface area contributed by atoms with Crippen molar-refractivity contribution in [2.24, 2.45) is 11.8 Å². The summed E-state index contributed by atoms with van der Waals surface area (Å²) in [6.07, 6.45) is 1.50. The molecule has 106 valence electrons. The van der Waals surface area contributed by atoms with E-state index in [-0.39, 0.29) is 17.3 Å². The summed E-state index contributed by atoms with van der Waals surface area (Å²) in [6, 6.07) is 0. The molecule has 1 rings (SSSR count). The molecule has 0 aromatic heterocycles. The zero-order valence-electron chi connectivity index (χ0n) is 11.9. The van der Waals surface area contributed by atoms with Gasteiger partial charge in [-0.3, -0.25) is 9.59 Å². The van der Waals surface area contributed by atoms with Crippen molar-refractivity contribution in [3.63, 3.8) is 0 Å². The fraction of sp³-hybridized carbons (Fsp3) is 0.600. The third kappa shape index (κ3) is 3.13. The number of hydrogen-bond acceptors (Lipinski definition) is 4. The summed E-state index contributed by atoms with van der Waals surface area (Å²) in [5.74, 6) is -2.33. The van der Waals surface area contributed by atoms with Gasteiger partial charge < -0.3 is 10.2 Å². The molecule has 0 aliphatic heterocycles. The second-order valence-electron chi connectivity index (χ2n) is 5.37. The van der Waals surface area contributed by atoms with Gasteiger partial charge >= 0.3 is 0 Å². The maximum atomic E-state index is 12.2. The lowest BCUT2D eigenvalue weighted by atomic mass is 9.92. The van der Waals surface area contributed by atoms with Crippen molar-refractivity contribution in [3.05, 3.63) is 23.0 Å². The number of Topliss-reactive ketones (excluding diaryl/α,β-unsaturated/α-hetero) is 2. The summed E-state index contributed by atoms with van der Waals surface area (Å²) in [7, 11) is 0. The zero-order chi connectivity index (χ0) is 14.7. The zero-order valence-corrected chi connectivity index (χ0v) is 11.9. The van der Waals surface area contributed by atoms with Crippen LogP contribution >= 0.6 is 0 Å². The van der Waals surface area contributed by atoms with Gasteiger partial charge in [0.25, 0.3) is 0 Å². The molecule has 1 aliphatic carbocycles. The number of aliphatic hydroxyl groups is 2. The minimum Gasteiger partial charge on any atom is -0.509 e. The highest BCUT2D eigenvalue weighted by atomic mass is 16.3. The fourth-order valence-electron chi connectivity index (χ4n) is 2.07. The first-order valence-electron chi connectivity index (χ1n) is 6.64. The average molecular weight is 266 g/mol. The molecule has 0 saturated heterocycles. The highest BCUT2D eigenvalue weighted by Gasteiger charge is 2.44. The number of rotatable bonds is 5. The first-order chi connectivity index (χ1) is 8.81. The lowest BCUT2D eigenvalue weighted by Gasteiger charge is -2.11. The number of carbonyl (C=O) groups excluding carboxylic acids is 2. The highest BCUT2D eigenvalue weighted by Crippen LogP contribution is 2.32. The van der Waals surface area contributed by atoms with Crippen molar-refractivity contribution in [1.82, 2.24) is 0 Å². The van der Waals surface area contributed by atoms with Crippen LogP contribution in [-0.4, -0.2) is 27.9 Å². The van der Waals surface area contributed by atoms with E-state index in [1.165, 1.54) is 0 Å². The molecule has 0 saturated carbocycles. The van der Waals surface area contributed by atoms with E-state index in [1.807, 2.05) is 26.8 Å². The van der Waals surface area contributed by atoms with E-state index in [9.17, 15) is 19.8 Å². The molecular weight excluding hydrogens is 244 g/mol. The monoisotopic (exact) mass is 266 g/mol. The van der Waals surface area contributed by atoms with Crippen molar-refractivity contribution in [1.29, 1.82) is 0 Å². The van der Waals surface area contributed by atoms with Crippen LogP contribution < -0.4 is 0 Å². The molecule has 3 atom stereocenters. The number of hydrogen-bond donors (Lipinski definition) is 2. The van der Waals surface area contributed by atoms with Crippen LogP contribution in [0.1, 0.15) is 40.5 Å². The minimum absolute atomic E-state index is 0.200. The molecular formula is C15H22O4. The van der Waals surface area contributed by atoms with Crippen molar-refractivity contribution in [3.8, 4) is 0 Å². The number of allylic oxidation sites excluding steroid dienone is 3. The quantitative estimate of drug-likeness (QED) is 0.591. The van der Waals surface area contributed by atoms with Crippen LogP contribution in [0.5, 0.6) is 0 Å². The Kier molecular flexibility index (Phi) is 5.06. The summed E-state index contributed by atoms with van der Waals surface area (Å²) < 4.78 is 0. The van der Waals surface area contributed by atoms with Gasteiger partial charge in [0, 0.05) is 5.92 Å². The van der Waals surface area contributed by atoms with E-state index in [0.29, 0.717) is 12.8 Å². The summed E-state index contributed by atoms with van der Waals surface area (Å²) in [5, 5.41) is 19.7. The van der Waals surface area contributed by atoms with Crippen molar-refractivity contribution in [2.45, 2.75) is 46.6 Å². The van der Waals surface area contributed by atoms with Crippen molar-refractivity contribution < 1.29 is 19.8 Å². The molecule has 0 aromatic rings. The van der Waals surface area contributed by atoms with Gasteiger partial charge in [0.15, 0.2) is 11.6 Å². The van der Waals surface area contributed by atoms with Crippen molar-refractivity contribution in [2.75, 3.05) is 0 Å². The summed E-state index contributed by atoms with van der Waals surface area (Å²) >= 11 is 0. The second kappa shape index (κ2) is 6.15. The van der Waals surface area contributed by atoms with E-state index in [1.54, 1.807) is 6.92 Å². The molecule has 0 bridgehead atoms. The van der Waals surface area contributed by atoms with Crippen LogP contribution in [0.25, 0.3) is 0 Å². The first kappa shape index (κ1) is 15.6. The third-order valence-electron chi connectivity index (χ3n) is 3.59. The molecule has 0 heterocycles. The molecule has 0 amide bonds. The normalized spacial score (nSPS) is 24.6. The maximum absolute atomic E-state index is 12.2. The molecule has 19 heavy (non-hydrogen) atoms. The standard InChI is InChI=1S/C15H22O4/c1-5-9(4)12(16)11-13(17)10(7-6-8(2)3)14(18)15(11)19/h6,9-10,14,18-19H,5,7H2,1-4H3/t9?,10?,14-/m1/s1. The highest BCUT2D eigenvalue weighted by molar-refractivity contribution is 6.23. The maximum Gasteiger partial charge on any atom is 0.176 e. The summed E-state index contributed by atoms with van der Waals surface area (Å²) in [5.41, 5.74) is 0.829. The Hall–Kier alpha value is -1.42. The number of carbonyl (C=O) groups is 2. The summed E-state index contributed by atoms with van der Waals surface area (Å²) in [6.45, 7) is 7.34. The van der Waals surface area contributed by atoms with E-state index >= 15 is 0 Å². The van der Waals surface area contributed by atoms with Gasteiger partial charge in [-0.1, -0.05) is 25.5 Å². The lowest BCUT2D eigenvalue weighted by molar-refractivity contribution is -0.125. The van der Waals surface area contributed by atoms with Crippen molar-refractivity contribution >= 4 is 11.6 Å². The second-order valence-corrected chi connectivity index (χ2v) is 5.37. The van der Waals surface area contributed by atoms with Crippen LogP contribution in [0, 0.1) is 11.8 Å². The van der Waals surface area contributed by atoms with Crippen LogP contribution in [0.3, 0.4) is 0 Å². The van der Waals surface area contributed by atoms with Crippen LogP contribution in [0.2, 0.25) is 0 Å². The Morgan fingerprint density at radius 3 is 2.47 bits per heavy atom. The van der Waals surface area contributed by atoms with Gasteiger partial charge in [0.05, 0.1) is 5.92 Å². The largest absolute Gasteiger partial charge is 0.509 e. The third-order valence-corrected chi connectivity index (χ3v) is 3.59. The molecule has 2 N–H and O–H groups in total. The van der Waals surface area contributed by atoms with Gasteiger partial charge in [-0.15, -0.1) is 0 Å². The predicted octanol–water partition coefficient (Wildman–Crippen LogP) is 2.33. The molecule has 0 fully saturated rings. The van der Waals surface area contributed by atoms with Crippen LogP contribution in [-0.2, 0) is 9.59 Å². The Labute approximate surface area is 113 Å². The van der Waals surface area contributed by atoms with Gasteiger partial charge in [-0.2, -0.15) is 0 Å². The first-order valence-corrected chi connectivity index (χ1v) is 6.64. The molecule has 0 spiro atoms. The molecule has 1 aliphatic rings. The van der Waals surface area contributed by atoms with Gasteiger partial charge in [-0.25, -0.2) is 0 Å². The molecule has 4 nitrogen and oxygen atoms in total. The average Bonchev–Trinajstić information content (AvgIpc) is 2.56. The number of aliphatic hydroxyl groups excluding tert-OH is 2. The Morgan fingerprint density at radius 2 is 2.00 bits per heavy atom. The topological polar surface area (TPSA) is 74.6 Å². The Balaban J connectivity index is 2.99. The van der Waals surface area contributed by atoms with Gasteiger partial charge in [0.1, 0.15) is 17.4 Å². The number of ketones is 2. The molecule has 0 aromatic carbocycles. The molecule has 4 heteroatoms. The minimum atomic E-state index is -1.26. The lowest BCUT2D eigenvalue weighted by Crippen LogP contribution is -2.24. The van der Waals surface area contributed by atoms with E-state index in [0.717, 1.165) is 5.57 Å². The predicted molar refractivity (Wildman–Crippen MR) is 72.7 cm³/mol. The molecule has 2 unspecified atom stereocenters. The summed E-state index contributed by atoms with van der Waals surface area (Å²) in [4.78, 5) is 24.2. The van der Waals surface area contributed by atoms with Gasteiger partial charge in [0.2, 0.25) is 0 Å².